The molecule has 0 saturated heterocycles. The standard InChI is InChI=1S/C13H6I3NO3/c14-6-5-7(15)11-12(10(6)16)19-8-3-1-2-4-9(8)20-13(18)17-11/h1-5H,(H,17,18). The van der Waals surface area contributed by atoms with E-state index >= 15 is 0 Å². The lowest BCUT2D eigenvalue weighted by molar-refractivity contribution is 0.524. The minimum absolute atomic E-state index is 0.403. The van der Waals surface area contributed by atoms with Gasteiger partial charge in [0.2, 0.25) is 0 Å². The highest BCUT2D eigenvalue weighted by Gasteiger charge is 2.10. The maximum Gasteiger partial charge on any atom is 0.417 e. The van der Waals surface area contributed by atoms with Crippen LogP contribution >= 0.6 is 67.8 Å². The molecule has 0 spiro atoms. The van der Waals surface area contributed by atoms with E-state index in [0.29, 0.717) is 22.3 Å². The Balaban J connectivity index is 2.66. The van der Waals surface area contributed by atoms with Crippen LogP contribution in [-0.2, 0) is 0 Å². The summed E-state index contributed by atoms with van der Waals surface area (Å²) in [5.41, 5.74) is 2.21. The highest BCUT2D eigenvalue weighted by Crippen LogP contribution is 2.28. The van der Waals surface area contributed by atoms with Crippen molar-refractivity contribution in [1.82, 2.24) is 4.98 Å². The first-order valence-electron chi connectivity index (χ1n) is 5.49. The van der Waals surface area contributed by atoms with Crippen LogP contribution in [0, 0.1) is 10.7 Å². The summed E-state index contributed by atoms with van der Waals surface area (Å²) in [6, 6.07) is 9.10. The highest BCUT2D eigenvalue weighted by atomic mass is 127. The Kier molecular flexibility index (Phi) is 4.26. The molecule has 0 aliphatic carbocycles. The lowest BCUT2D eigenvalue weighted by Gasteiger charge is -2.04. The molecule has 0 radical (unpaired) electrons. The van der Waals surface area contributed by atoms with Gasteiger partial charge >= 0.3 is 5.76 Å². The maximum atomic E-state index is 11.9. The van der Waals surface area contributed by atoms with E-state index in [4.69, 9.17) is 8.83 Å². The molecule has 7 heteroatoms. The van der Waals surface area contributed by atoms with Crippen LogP contribution in [0.3, 0.4) is 0 Å². The lowest BCUT2D eigenvalue weighted by atomic mass is 10.3. The average molecular weight is 605 g/mol. The number of para-hydroxylation sites is 2. The van der Waals surface area contributed by atoms with Gasteiger partial charge in [-0.1, -0.05) is 12.1 Å². The molecular weight excluding hydrogens is 599 g/mol. The van der Waals surface area contributed by atoms with Gasteiger partial charge in [0.15, 0.2) is 16.7 Å². The molecule has 0 unspecified atom stereocenters. The molecular formula is C13H6I3NO3. The van der Waals surface area contributed by atoms with Gasteiger partial charge in [-0.2, -0.15) is 0 Å². The Hall–Kier alpha value is -0.300. The van der Waals surface area contributed by atoms with Crippen molar-refractivity contribution >= 4 is 90.0 Å². The van der Waals surface area contributed by atoms with Gasteiger partial charge in [0.25, 0.3) is 0 Å². The number of hydrogen-bond acceptors (Lipinski definition) is 3. The van der Waals surface area contributed by atoms with Crippen molar-refractivity contribution in [3.63, 3.8) is 0 Å². The van der Waals surface area contributed by atoms with Crippen molar-refractivity contribution in [2.24, 2.45) is 0 Å². The Bertz CT molecular complexity index is 922. The number of aromatic amines is 1. The van der Waals surface area contributed by atoms with E-state index in [9.17, 15) is 4.79 Å². The molecule has 1 aromatic heterocycles. The maximum absolute atomic E-state index is 11.9. The molecule has 4 nitrogen and oxygen atoms in total. The van der Waals surface area contributed by atoms with Gasteiger partial charge < -0.3 is 8.83 Å². The number of hydrogen-bond donors (Lipinski definition) is 1. The summed E-state index contributed by atoms with van der Waals surface area (Å²) < 4.78 is 14.1. The topological polar surface area (TPSA) is 59.1 Å². The van der Waals surface area contributed by atoms with E-state index in [-0.39, 0.29) is 0 Å². The molecule has 2 aromatic carbocycles. The predicted octanol–water partition coefficient (Wildman–Crippen LogP) is 4.81. The molecule has 0 aliphatic heterocycles. The van der Waals surface area contributed by atoms with Gasteiger partial charge in [0, 0.05) is 7.14 Å². The van der Waals surface area contributed by atoms with Crippen molar-refractivity contribution < 1.29 is 8.83 Å². The van der Waals surface area contributed by atoms with E-state index < -0.39 is 5.76 Å². The minimum atomic E-state index is -0.517. The number of halogens is 3. The highest BCUT2D eigenvalue weighted by molar-refractivity contribution is 14.1. The van der Waals surface area contributed by atoms with E-state index in [1.54, 1.807) is 18.2 Å². The number of rotatable bonds is 0. The van der Waals surface area contributed by atoms with Crippen LogP contribution in [0.15, 0.2) is 44.0 Å². The Morgan fingerprint density at radius 2 is 1.60 bits per heavy atom. The van der Waals surface area contributed by atoms with E-state index in [1.165, 1.54) is 0 Å². The second-order valence-electron chi connectivity index (χ2n) is 3.92. The van der Waals surface area contributed by atoms with E-state index in [2.05, 4.69) is 72.8 Å². The summed E-state index contributed by atoms with van der Waals surface area (Å²) in [4.78, 5) is 14.7. The number of benzene rings is 2. The normalized spacial score (nSPS) is 10.9. The number of fused-ring (bicyclic) bond motifs is 2. The molecule has 1 N–H and O–H groups in total. The summed E-state index contributed by atoms with van der Waals surface area (Å²) >= 11 is 6.63. The largest absolute Gasteiger partial charge is 0.450 e. The molecule has 0 fully saturated rings. The fourth-order valence-corrected chi connectivity index (χ4v) is 4.12. The third-order valence-electron chi connectivity index (χ3n) is 2.62. The van der Waals surface area contributed by atoms with Crippen molar-refractivity contribution in [3.8, 4) is 0 Å². The van der Waals surface area contributed by atoms with Crippen LogP contribution < -0.4 is 5.76 Å². The summed E-state index contributed by atoms with van der Waals surface area (Å²) in [5.74, 6) is -0.517. The molecule has 3 aromatic rings. The quantitative estimate of drug-likeness (QED) is 0.296. The van der Waals surface area contributed by atoms with Gasteiger partial charge in [-0.05, 0) is 86.0 Å². The van der Waals surface area contributed by atoms with Crippen molar-refractivity contribution in [1.29, 1.82) is 0 Å². The monoisotopic (exact) mass is 605 g/mol. The Morgan fingerprint density at radius 3 is 2.30 bits per heavy atom. The Morgan fingerprint density at radius 1 is 0.950 bits per heavy atom. The fraction of sp³-hybridized carbons (Fsp3) is 0. The van der Waals surface area contributed by atoms with Gasteiger partial charge in [-0.3, -0.25) is 4.98 Å². The summed E-state index contributed by atoms with van der Waals surface area (Å²) in [7, 11) is 0. The first-order chi connectivity index (χ1) is 9.56. The van der Waals surface area contributed by atoms with Crippen LogP contribution in [0.1, 0.15) is 0 Å². The number of H-pyrrole nitrogens is 1. The predicted molar refractivity (Wildman–Crippen MR) is 102 cm³/mol. The molecule has 0 saturated carbocycles. The second-order valence-corrected chi connectivity index (χ2v) is 7.32. The lowest BCUT2D eigenvalue weighted by Crippen LogP contribution is -2.03. The molecule has 0 aliphatic rings. The molecule has 1 heterocycles. The summed E-state index contributed by atoms with van der Waals surface area (Å²) in [6.45, 7) is 0. The average Bonchev–Trinajstić information content (AvgIpc) is 2.39. The third kappa shape index (κ3) is 2.71. The van der Waals surface area contributed by atoms with Crippen molar-refractivity contribution in [3.05, 3.63) is 51.6 Å². The van der Waals surface area contributed by atoms with Gasteiger partial charge in [-0.15, -0.1) is 0 Å². The third-order valence-corrected chi connectivity index (χ3v) is 6.42. The van der Waals surface area contributed by atoms with Gasteiger partial charge in [0.05, 0.1) is 3.57 Å². The molecule has 0 atom stereocenters. The molecule has 0 bridgehead atoms. The van der Waals surface area contributed by atoms with Gasteiger partial charge in [0.1, 0.15) is 5.52 Å². The first kappa shape index (κ1) is 14.6. The van der Waals surface area contributed by atoms with Crippen LogP contribution in [-0.4, -0.2) is 4.98 Å². The van der Waals surface area contributed by atoms with Crippen LogP contribution in [0.4, 0.5) is 0 Å². The minimum Gasteiger partial charge on any atom is -0.450 e. The van der Waals surface area contributed by atoms with E-state index in [0.717, 1.165) is 10.7 Å². The smallest absolute Gasteiger partial charge is 0.417 e. The zero-order valence-electron chi connectivity index (χ0n) is 9.75. The molecule has 20 heavy (non-hydrogen) atoms. The second kappa shape index (κ2) is 5.83. The molecule has 0 amide bonds. The Labute approximate surface area is 154 Å². The van der Waals surface area contributed by atoms with Crippen LogP contribution in [0.5, 0.6) is 0 Å². The summed E-state index contributed by atoms with van der Waals surface area (Å²) in [6.07, 6.45) is 0. The zero-order chi connectivity index (χ0) is 14.3. The first-order valence-corrected chi connectivity index (χ1v) is 8.73. The van der Waals surface area contributed by atoms with Crippen molar-refractivity contribution in [2.75, 3.05) is 0 Å². The molecule has 102 valence electrons. The fourth-order valence-electron chi connectivity index (χ4n) is 1.74. The van der Waals surface area contributed by atoms with Crippen LogP contribution in [0.25, 0.3) is 22.3 Å². The van der Waals surface area contributed by atoms with Crippen molar-refractivity contribution in [2.45, 2.75) is 0 Å². The SMILES string of the molecule is O=c1[nH]c2c(I)cc(I)c(I)c2oc2ccccc2o1. The van der Waals surface area contributed by atoms with E-state index in [1.807, 2.05) is 12.1 Å². The number of nitrogens with one attached hydrogen (secondary N) is 1. The summed E-state index contributed by atoms with van der Waals surface area (Å²) in [5, 5.41) is 0. The van der Waals surface area contributed by atoms with Gasteiger partial charge in [-0.25, -0.2) is 4.79 Å². The van der Waals surface area contributed by atoms with Crippen LogP contribution in [0.2, 0.25) is 0 Å². The molecule has 3 rings (SSSR count). The number of aromatic nitrogens is 1. The zero-order valence-corrected chi connectivity index (χ0v) is 16.2.